The first-order valence-corrected chi connectivity index (χ1v) is 8.25. The lowest BCUT2D eigenvalue weighted by atomic mass is 10.1. The third-order valence-electron chi connectivity index (χ3n) is 4.80. The van der Waals surface area contributed by atoms with Gasteiger partial charge >= 0.3 is 0 Å². The first kappa shape index (κ1) is 14.8. The van der Waals surface area contributed by atoms with E-state index < -0.39 is 0 Å². The Labute approximate surface area is 128 Å². The number of para-hydroxylation sites is 1. The smallest absolute Gasteiger partial charge is 0.0366 e. The van der Waals surface area contributed by atoms with E-state index in [1.165, 1.54) is 44.7 Å². The molecule has 116 valence electrons. The van der Waals surface area contributed by atoms with E-state index in [0.29, 0.717) is 0 Å². The van der Waals surface area contributed by atoms with Crippen LogP contribution in [-0.2, 0) is 0 Å². The van der Waals surface area contributed by atoms with Crippen LogP contribution in [0.1, 0.15) is 12.8 Å². The highest BCUT2D eigenvalue weighted by molar-refractivity contribution is 5.46. The van der Waals surface area contributed by atoms with Crippen molar-refractivity contribution < 1.29 is 0 Å². The second kappa shape index (κ2) is 7.25. The second-order valence-electron chi connectivity index (χ2n) is 6.62. The van der Waals surface area contributed by atoms with E-state index in [9.17, 15) is 0 Å². The van der Waals surface area contributed by atoms with Gasteiger partial charge in [-0.3, -0.25) is 10.9 Å². The van der Waals surface area contributed by atoms with Gasteiger partial charge in [0.15, 0.2) is 0 Å². The van der Waals surface area contributed by atoms with Crippen LogP contribution in [-0.4, -0.2) is 51.2 Å². The Kier molecular flexibility index (Phi) is 5.12. The van der Waals surface area contributed by atoms with Crippen LogP contribution >= 0.6 is 0 Å². The summed E-state index contributed by atoms with van der Waals surface area (Å²) in [5.41, 5.74) is 7.82. The van der Waals surface area contributed by atoms with Crippen LogP contribution in [0.2, 0.25) is 0 Å². The molecule has 2 N–H and O–H groups in total. The number of rotatable bonds is 6. The van der Waals surface area contributed by atoms with E-state index >= 15 is 0 Å². The molecule has 0 saturated carbocycles. The summed E-state index contributed by atoms with van der Waals surface area (Å²) in [5, 5.41) is 0. The van der Waals surface area contributed by atoms with Gasteiger partial charge in [0.25, 0.3) is 0 Å². The Balaban J connectivity index is 1.39. The molecule has 21 heavy (non-hydrogen) atoms. The lowest BCUT2D eigenvalue weighted by Gasteiger charge is -2.23. The SMILES string of the molecule is CN(CCC1CNNC1)CC1CCN(c2ccccc2)C1. The molecule has 4 heteroatoms. The molecule has 4 nitrogen and oxygen atoms in total. The number of nitrogens with one attached hydrogen (secondary N) is 2. The van der Waals surface area contributed by atoms with Gasteiger partial charge < -0.3 is 9.80 Å². The number of hydrogen-bond donors (Lipinski definition) is 2. The van der Waals surface area contributed by atoms with Crippen molar-refractivity contribution in [3.63, 3.8) is 0 Å². The van der Waals surface area contributed by atoms with E-state index in [0.717, 1.165) is 24.9 Å². The molecule has 1 aromatic rings. The van der Waals surface area contributed by atoms with Crippen LogP contribution in [0.15, 0.2) is 30.3 Å². The maximum atomic E-state index is 3.22. The molecule has 2 saturated heterocycles. The lowest BCUT2D eigenvalue weighted by Crippen LogP contribution is -2.30. The molecular formula is C17H28N4. The summed E-state index contributed by atoms with van der Waals surface area (Å²) in [6.07, 6.45) is 2.62. The molecule has 1 atom stereocenters. The van der Waals surface area contributed by atoms with Crippen LogP contribution in [0.3, 0.4) is 0 Å². The quantitative estimate of drug-likeness (QED) is 0.832. The molecule has 0 bridgehead atoms. The Hall–Kier alpha value is -1.10. The second-order valence-corrected chi connectivity index (χ2v) is 6.62. The maximum Gasteiger partial charge on any atom is 0.0366 e. The van der Waals surface area contributed by atoms with Gasteiger partial charge in [-0.15, -0.1) is 0 Å². The minimum atomic E-state index is 0.803. The largest absolute Gasteiger partial charge is 0.371 e. The fraction of sp³-hybridized carbons (Fsp3) is 0.647. The van der Waals surface area contributed by atoms with E-state index in [1.807, 2.05) is 0 Å². The predicted octanol–water partition coefficient (Wildman–Crippen LogP) is 1.56. The molecule has 1 unspecified atom stereocenters. The van der Waals surface area contributed by atoms with Gasteiger partial charge in [0.05, 0.1) is 0 Å². The molecule has 2 heterocycles. The number of hydrogen-bond acceptors (Lipinski definition) is 4. The van der Waals surface area contributed by atoms with Crippen LogP contribution in [0, 0.1) is 11.8 Å². The van der Waals surface area contributed by atoms with Gasteiger partial charge in [-0.2, -0.15) is 0 Å². The predicted molar refractivity (Wildman–Crippen MR) is 88.4 cm³/mol. The summed E-state index contributed by atoms with van der Waals surface area (Å²) in [7, 11) is 2.28. The van der Waals surface area contributed by atoms with Gasteiger partial charge in [-0.05, 0) is 50.4 Å². The Morgan fingerprint density at radius 3 is 2.67 bits per heavy atom. The van der Waals surface area contributed by atoms with Gasteiger partial charge in [-0.25, -0.2) is 0 Å². The van der Waals surface area contributed by atoms with Crippen molar-refractivity contribution >= 4 is 5.69 Å². The van der Waals surface area contributed by atoms with Crippen molar-refractivity contribution in [3.05, 3.63) is 30.3 Å². The fourth-order valence-electron chi connectivity index (χ4n) is 3.50. The zero-order chi connectivity index (χ0) is 14.5. The first-order chi connectivity index (χ1) is 10.3. The van der Waals surface area contributed by atoms with E-state index in [1.54, 1.807) is 0 Å². The third-order valence-corrected chi connectivity index (χ3v) is 4.80. The van der Waals surface area contributed by atoms with E-state index in [-0.39, 0.29) is 0 Å². The highest BCUT2D eigenvalue weighted by Gasteiger charge is 2.24. The van der Waals surface area contributed by atoms with E-state index in [4.69, 9.17) is 0 Å². The summed E-state index contributed by atoms with van der Waals surface area (Å²) in [4.78, 5) is 5.06. The molecule has 3 rings (SSSR count). The normalized spacial score (nSPS) is 23.3. The molecule has 0 amide bonds. The van der Waals surface area contributed by atoms with Crippen molar-refractivity contribution in [1.82, 2.24) is 15.8 Å². The highest BCUT2D eigenvalue weighted by atomic mass is 15.4. The molecule has 2 aliphatic heterocycles. The Bertz CT molecular complexity index is 416. The van der Waals surface area contributed by atoms with Gasteiger partial charge in [0, 0.05) is 38.4 Å². The Morgan fingerprint density at radius 2 is 1.90 bits per heavy atom. The van der Waals surface area contributed by atoms with Crippen molar-refractivity contribution in [2.45, 2.75) is 12.8 Å². The molecule has 2 aliphatic rings. The molecular weight excluding hydrogens is 260 g/mol. The fourth-order valence-corrected chi connectivity index (χ4v) is 3.50. The van der Waals surface area contributed by atoms with Crippen molar-refractivity contribution in [2.75, 3.05) is 51.2 Å². The number of anilines is 1. The summed E-state index contributed by atoms with van der Waals surface area (Å²) >= 11 is 0. The van der Waals surface area contributed by atoms with Gasteiger partial charge in [0.1, 0.15) is 0 Å². The molecule has 1 aromatic carbocycles. The standard InChI is InChI=1S/C17H28N4/c1-20(9-7-15-11-18-19-12-15)13-16-8-10-21(14-16)17-5-3-2-4-6-17/h2-6,15-16,18-19H,7-14H2,1H3. The van der Waals surface area contributed by atoms with Gasteiger partial charge in [0.2, 0.25) is 0 Å². The number of hydrazine groups is 1. The van der Waals surface area contributed by atoms with Gasteiger partial charge in [-0.1, -0.05) is 18.2 Å². The number of nitrogens with zero attached hydrogens (tertiary/aromatic N) is 2. The Morgan fingerprint density at radius 1 is 1.14 bits per heavy atom. The van der Waals surface area contributed by atoms with Crippen molar-refractivity contribution in [1.29, 1.82) is 0 Å². The summed E-state index contributed by atoms with van der Waals surface area (Å²) < 4.78 is 0. The first-order valence-electron chi connectivity index (χ1n) is 8.25. The number of benzene rings is 1. The van der Waals surface area contributed by atoms with Crippen molar-refractivity contribution in [2.24, 2.45) is 11.8 Å². The molecule has 0 aliphatic carbocycles. The molecule has 2 fully saturated rings. The van der Waals surface area contributed by atoms with Crippen LogP contribution in [0.4, 0.5) is 5.69 Å². The van der Waals surface area contributed by atoms with Crippen LogP contribution in [0.25, 0.3) is 0 Å². The maximum absolute atomic E-state index is 3.22. The van der Waals surface area contributed by atoms with Crippen LogP contribution < -0.4 is 15.8 Å². The summed E-state index contributed by atoms with van der Waals surface area (Å²) in [6.45, 7) is 7.12. The summed E-state index contributed by atoms with van der Waals surface area (Å²) in [5.74, 6) is 1.62. The monoisotopic (exact) mass is 288 g/mol. The third kappa shape index (κ3) is 4.19. The lowest BCUT2D eigenvalue weighted by molar-refractivity contribution is 0.269. The van der Waals surface area contributed by atoms with Crippen LogP contribution in [0.5, 0.6) is 0 Å². The van der Waals surface area contributed by atoms with E-state index in [2.05, 4.69) is 58.0 Å². The molecule has 0 aromatic heterocycles. The molecule has 0 radical (unpaired) electrons. The minimum absolute atomic E-state index is 0.803. The molecule has 0 spiro atoms. The zero-order valence-corrected chi connectivity index (χ0v) is 13.1. The average molecular weight is 288 g/mol. The minimum Gasteiger partial charge on any atom is -0.371 e. The average Bonchev–Trinajstić information content (AvgIpc) is 3.17. The highest BCUT2D eigenvalue weighted by Crippen LogP contribution is 2.24. The summed E-state index contributed by atoms with van der Waals surface area (Å²) in [6, 6.07) is 10.8. The zero-order valence-electron chi connectivity index (χ0n) is 13.1. The topological polar surface area (TPSA) is 30.5 Å². The van der Waals surface area contributed by atoms with Crippen molar-refractivity contribution in [3.8, 4) is 0 Å².